The highest BCUT2D eigenvalue weighted by Gasteiger charge is 2.08. The summed E-state index contributed by atoms with van der Waals surface area (Å²) in [4.78, 5) is 12.1. The molecule has 0 atom stereocenters. The predicted molar refractivity (Wildman–Crippen MR) is 96.9 cm³/mol. The SMILES string of the molecule is CCCCOc1ccc(C(=O)NC(=S)Nc2ccc(F)cc2)cc1. The smallest absolute Gasteiger partial charge is 0.257 e. The Bertz CT molecular complexity index is 687. The number of ether oxygens (including phenoxy) is 1. The van der Waals surface area contributed by atoms with Crippen molar-refractivity contribution in [3.8, 4) is 5.75 Å². The molecule has 0 aliphatic rings. The Balaban J connectivity index is 1.86. The Morgan fingerprint density at radius 2 is 1.79 bits per heavy atom. The molecule has 6 heteroatoms. The molecule has 0 aliphatic heterocycles. The molecule has 126 valence electrons. The van der Waals surface area contributed by atoms with Crippen LogP contribution in [0.15, 0.2) is 48.5 Å². The normalized spacial score (nSPS) is 10.1. The molecule has 0 saturated carbocycles. The minimum absolute atomic E-state index is 0.148. The van der Waals surface area contributed by atoms with Gasteiger partial charge in [-0.05, 0) is 67.2 Å². The molecule has 2 aromatic carbocycles. The summed E-state index contributed by atoms with van der Waals surface area (Å²) in [5.41, 5.74) is 1.07. The van der Waals surface area contributed by atoms with Gasteiger partial charge >= 0.3 is 0 Å². The number of thiocarbonyl (C=S) groups is 1. The number of amides is 1. The number of hydrogen-bond acceptors (Lipinski definition) is 3. The number of halogens is 1. The van der Waals surface area contributed by atoms with Gasteiger partial charge in [0.1, 0.15) is 11.6 Å². The Morgan fingerprint density at radius 3 is 2.42 bits per heavy atom. The minimum Gasteiger partial charge on any atom is -0.494 e. The van der Waals surface area contributed by atoms with E-state index in [9.17, 15) is 9.18 Å². The maximum atomic E-state index is 12.8. The molecule has 0 spiro atoms. The fourth-order valence-electron chi connectivity index (χ4n) is 1.91. The molecule has 0 aliphatic carbocycles. The Labute approximate surface area is 146 Å². The second kappa shape index (κ2) is 8.98. The highest BCUT2D eigenvalue weighted by molar-refractivity contribution is 7.80. The summed E-state index contributed by atoms with van der Waals surface area (Å²) >= 11 is 5.08. The molecule has 2 N–H and O–H groups in total. The Kier molecular flexibility index (Phi) is 6.69. The fourth-order valence-corrected chi connectivity index (χ4v) is 2.12. The monoisotopic (exact) mass is 346 g/mol. The van der Waals surface area contributed by atoms with Crippen molar-refractivity contribution in [2.24, 2.45) is 0 Å². The van der Waals surface area contributed by atoms with Gasteiger partial charge < -0.3 is 10.1 Å². The molecule has 0 saturated heterocycles. The molecule has 0 aromatic heterocycles. The minimum atomic E-state index is -0.336. The van der Waals surface area contributed by atoms with E-state index in [4.69, 9.17) is 17.0 Å². The number of carbonyl (C=O) groups excluding carboxylic acids is 1. The van der Waals surface area contributed by atoms with Crippen molar-refractivity contribution in [2.75, 3.05) is 11.9 Å². The zero-order valence-corrected chi connectivity index (χ0v) is 14.2. The molecule has 0 radical (unpaired) electrons. The summed E-state index contributed by atoms with van der Waals surface area (Å²) in [7, 11) is 0. The quantitative estimate of drug-likeness (QED) is 0.610. The second-order valence-corrected chi connectivity index (χ2v) is 5.55. The van der Waals surface area contributed by atoms with Gasteiger partial charge in [0.15, 0.2) is 5.11 Å². The van der Waals surface area contributed by atoms with Gasteiger partial charge in [-0.3, -0.25) is 10.1 Å². The van der Waals surface area contributed by atoms with E-state index in [-0.39, 0.29) is 16.8 Å². The zero-order chi connectivity index (χ0) is 17.4. The third-order valence-electron chi connectivity index (χ3n) is 3.21. The average molecular weight is 346 g/mol. The maximum Gasteiger partial charge on any atom is 0.257 e. The molecule has 2 aromatic rings. The maximum absolute atomic E-state index is 12.8. The summed E-state index contributed by atoms with van der Waals surface area (Å²) in [6, 6.07) is 12.6. The van der Waals surface area contributed by atoms with E-state index in [1.165, 1.54) is 24.3 Å². The number of nitrogens with one attached hydrogen (secondary N) is 2. The first-order valence-electron chi connectivity index (χ1n) is 7.69. The van der Waals surface area contributed by atoms with E-state index >= 15 is 0 Å². The van der Waals surface area contributed by atoms with Gasteiger partial charge in [-0.15, -0.1) is 0 Å². The van der Waals surface area contributed by atoms with E-state index in [2.05, 4.69) is 17.6 Å². The molecule has 24 heavy (non-hydrogen) atoms. The first-order valence-corrected chi connectivity index (χ1v) is 8.10. The van der Waals surface area contributed by atoms with Gasteiger partial charge in [0.2, 0.25) is 0 Å². The molecular formula is C18H19FN2O2S. The van der Waals surface area contributed by atoms with Crippen LogP contribution in [0.2, 0.25) is 0 Å². The molecule has 2 rings (SSSR count). The first kappa shape index (κ1) is 17.9. The van der Waals surface area contributed by atoms with Crippen molar-refractivity contribution in [1.82, 2.24) is 5.32 Å². The van der Waals surface area contributed by atoms with Crippen LogP contribution in [0.1, 0.15) is 30.1 Å². The Morgan fingerprint density at radius 1 is 1.12 bits per heavy atom. The summed E-state index contributed by atoms with van der Waals surface area (Å²) in [5, 5.41) is 5.55. The van der Waals surface area contributed by atoms with Gasteiger partial charge in [-0.25, -0.2) is 4.39 Å². The fraction of sp³-hybridized carbons (Fsp3) is 0.222. The van der Waals surface area contributed by atoms with Crippen LogP contribution in [0.5, 0.6) is 5.75 Å². The van der Waals surface area contributed by atoms with E-state index in [0.29, 0.717) is 17.9 Å². The first-order chi connectivity index (χ1) is 11.6. The van der Waals surface area contributed by atoms with E-state index in [1.807, 2.05) is 0 Å². The lowest BCUT2D eigenvalue weighted by atomic mass is 10.2. The lowest BCUT2D eigenvalue weighted by molar-refractivity contribution is 0.0977. The lowest BCUT2D eigenvalue weighted by Gasteiger charge is -2.10. The summed E-state index contributed by atoms with van der Waals surface area (Å²) in [6.45, 7) is 2.76. The van der Waals surface area contributed by atoms with Crippen LogP contribution in [-0.4, -0.2) is 17.6 Å². The molecule has 0 heterocycles. The molecule has 0 unspecified atom stereocenters. The second-order valence-electron chi connectivity index (χ2n) is 5.14. The van der Waals surface area contributed by atoms with E-state index < -0.39 is 0 Å². The summed E-state index contributed by atoms with van der Waals surface area (Å²) in [5.74, 6) is 0.0680. The van der Waals surface area contributed by atoms with Crippen LogP contribution in [-0.2, 0) is 0 Å². The third kappa shape index (κ3) is 5.62. The highest BCUT2D eigenvalue weighted by atomic mass is 32.1. The topological polar surface area (TPSA) is 50.4 Å². The zero-order valence-electron chi connectivity index (χ0n) is 13.3. The number of carbonyl (C=O) groups is 1. The van der Waals surface area contributed by atoms with Crippen molar-refractivity contribution < 1.29 is 13.9 Å². The van der Waals surface area contributed by atoms with Crippen LogP contribution < -0.4 is 15.4 Å². The van der Waals surface area contributed by atoms with Crippen molar-refractivity contribution in [3.63, 3.8) is 0 Å². The van der Waals surface area contributed by atoms with Crippen molar-refractivity contribution in [3.05, 3.63) is 59.9 Å². The summed E-state index contributed by atoms with van der Waals surface area (Å²) < 4.78 is 18.4. The number of anilines is 1. The lowest BCUT2D eigenvalue weighted by Crippen LogP contribution is -2.34. The number of benzene rings is 2. The van der Waals surface area contributed by atoms with Gasteiger partial charge in [0, 0.05) is 11.3 Å². The largest absolute Gasteiger partial charge is 0.494 e. The number of unbranched alkanes of at least 4 members (excludes halogenated alkanes) is 1. The molecule has 4 nitrogen and oxygen atoms in total. The van der Waals surface area contributed by atoms with E-state index in [1.54, 1.807) is 24.3 Å². The van der Waals surface area contributed by atoms with Crippen molar-refractivity contribution in [2.45, 2.75) is 19.8 Å². The van der Waals surface area contributed by atoms with Crippen LogP contribution in [0.4, 0.5) is 10.1 Å². The summed E-state index contributed by atoms with van der Waals surface area (Å²) in [6.07, 6.45) is 2.06. The van der Waals surface area contributed by atoms with Crippen LogP contribution in [0.25, 0.3) is 0 Å². The molecule has 0 fully saturated rings. The molecule has 1 amide bonds. The highest BCUT2D eigenvalue weighted by Crippen LogP contribution is 2.13. The number of hydrogen-bond donors (Lipinski definition) is 2. The molecule has 0 bridgehead atoms. The van der Waals surface area contributed by atoms with Gasteiger partial charge in [-0.2, -0.15) is 0 Å². The van der Waals surface area contributed by atoms with Crippen molar-refractivity contribution in [1.29, 1.82) is 0 Å². The van der Waals surface area contributed by atoms with Crippen LogP contribution in [0, 0.1) is 5.82 Å². The van der Waals surface area contributed by atoms with Gasteiger partial charge in [0.05, 0.1) is 6.61 Å². The Hall–Kier alpha value is -2.47. The van der Waals surface area contributed by atoms with Crippen molar-refractivity contribution >= 4 is 28.9 Å². The number of rotatable bonds is 6. The van der Waals surface area contributed by atoms with Crippen LogP contribution >= 0.6 is 12.2 Å². The van der Waals surface area contributed by atoms with E-state index in [0.717, 1.165) is 18.6 Å². The standard InChI is InChI=1S/C18H19FN2O2S/c1-2-3-12-23-16-10-4-13(5-11-16)17(22)21-18(24)20-15-8-6-14(19)7-9-15/h4-11H,2-3,12H2,1H3,(H2,20,21,22,24). The third-order valence-corrected chi connectivity index (χ3v) is 3.42. The van der Waals surface area contributed by atoms with Gasteiger partial charge in [-0.1, -0.05) is 13.3 Å². The molecular weight excluding hydrogens is 327 g/mol. The predicted octanol–water partition coefficient (Wildman–Crippen LogP) is 4.13. The van der Waals surface area contributed by atoms with Crippen LogP contribution in [0.3, 0.4) is 0 Å². The average Bonchev–Trinajstić information content (AvgIpc) is 2.58. The van der Waals surface area contributed by atoms with Gasteiger partial charge in [0.25, 0.3) is 5.91 Å².